The van der Waals surface area contributed by atoms with Crippen molar-refractivity contribution in [3.63, 3.8) is 0 Å². The summed E-state index contributed by atoms with van der Waals surface area (Å²) in [6.07, 6.45) is 30.6. The molecule has 0 aliphatic rings. The Balaban J connectivity index is 3.27. The quantitative estimate of drug-likeness (QED) is 0.108. The van der Waals surface area contributed by atoms with Gasteiger partial charge in [0, 0.05) is 6.08 Å². The molecule has 2 heteroatoms. The minimum absolute atomic E-state index is 0.284. The lowest BCUT2D eigenvalue weighted by Gasteiger charge is -2.02. The van der Waals surface area contributed by atoms with Crippen molar-refractivity contribution in [3.8, 4) is 0 Å². The Morgan fingerprint density at radius 3 is 1.69 bits per heavy atom. The van der Waals surface area contributed by atoms with E-state index in [1.54, 1.807) is 13.0 Å². The zero-order valence-corrected chi connectivity index (χ0v) is 17.4. The molecule has 0 aromatic heterocycles. The van der Waals surface area contributed by atoms with E-state index in [0.29, 0.717) is 6.61 Å². The Morgan fingerprint density at radius 2 is 1.15 bits per heavy atom. The smallest absolute Gasteiger partial charge is 0.330 e. The lowest BCUT2D eigenvalue weighted by Crippen LogP contribution is -1.98. The lowest BCUT2D eigenvalue weighted by molar-refractivity contribution is -0.137. The second kappa shape index (κ2) is 21.7. The average Bonchev–Trinajstić information content (AvgIpc) is 2.64. The summed E-state index contributed by atoms with van der Waals surface area (Å²) in [5.41, 5.74) is 0. The topological polar surface area (TPSA) is 26.3 Å². The van der Waals surface area contributed by atoms with Gasteiger partial charge in [-0.25, -0.2) is 4.79 Å². The molecule has 26 heavy (non-hydrogen) atoms. The van der Waals surface area contributed by atoms with Crippen LogP contribution in [0, 0.1) is 0 Å². The van der Waals surface area contributed by atoms with Crippen molar-refractivity contribution in [2.45, 2.75) is 104 Å². The molecule has 0 atom stereocenters. The van der Waals surface area contributed by atoms with Crippen LogP contribution in [0.25, 0.3) is 0 Å². The molecule has 2 nitrogen and oxygen atoms in total. The first-order valence-electron chi connectivity index (χ1n) is 11.0. The van der Waals surface area contributed by atoms with Crippen LogP contribution in [-0.2, 0) is 9.53 Å². The van der Waals surface area contributed by atoms with Crippen LogP contribution in [0.3, 0.4) is 0 Å². The zero-order valence-electron chi connectivity index (χ0n) is 17.4. The summed E-state index contributed by atoms with van der Waals surface area (Å²) in [5, 5.41) is 0. The van der Waals surface area contributed by atoms with Gasteiger partial charge in [-0.2, -0.15) is 0 Å². The van der Waals surface area contributed by atoms with Crippen LogP contribution >= 0.6 is 0 Å². The van der Waals surface area contributed by atoms with Gasteiger partial charge in [0.05, 0.1) is 6.61 Å². The van der Waals surface area contributed by atoms with E-state index in [9.17, 15) is 4.79 Å². The number of rotatable bonds is 18. The maximum atomic E-state index is 11.1. The van der Waals surface area contributed by atoms with E-state index in [0.717, 1.165) is 6.42 Å². The molecule has 150 valence electrons. The van der Waals surface area contributed by atoms with Crippen molar-refractivity contribution in [2.75, 3.05) is 6.61 Å². The van der Waals surface area contributed by atoms with Crippen molar-refractivity contribution in [1.82, 2.24) is 0 Å². The minimum Gasteiger partial charge on any atom is -0.463 e. The van der Waals surface area contributed by atoms with Crippen LogP contribution in [0.2, 0.25) is 0 Å². The Labute approximate surface area is 162 Å². The van der Waals surface area contributed by atoms with Crippen LogP contribution in [0.5, 0.6) is 0 Å². The molecule has 0 radical (unpaired) electrons. The fourth-order valence-electron chi connectivity index (χ4n) is 2.91. The van der Waals surface area contributed by atoms with Crippen molar-refractivity contribution in [3.05, 3.63) is 36.5 Å². The fraction of sp³-hybridized carbons (Fsp3) is 0.708. The highest BCUT2D eigenvalue weighted by atomic mass is 16.5. The van der Waals surface area contributed by atoms with Crippen LogP contribution < -0.4 is 0 Å². The van der Waals surface area contributed by atoms with Gasteiger partial charge in [0.15, 0.2) is 0 Å². The first-order chi connectivity index (χ1) is 12.8. The van der Waals surface area contributed by atoms with Gasteiger partial charge in [0.1, 0.15) is 0 Å². The molecule has 0 unspecified atom stereocenters. The summed E-state index contributed by atoms with van der Waals surface area (Å²) in [4.78, 5) is 11.1. The van der Waals surface area contributed by atoms with E-state index in [2.05, 4.69) is 19.1 Å². The van der Waals surface area contributed by atoms with E-state index in [1.807, 2.05) is 12.2 Å². The average molecular weight is 363 g/mol. The Bertz CT molecular complexity index is 380. The maximum absolute atomic E-state index is 11.1. The summed E-state index contributed by atoms with van der Waals surface area (Å²) >= 11 is 0. The first kappa shape index (κ1) is 24.7. The summed E-state index contributed by atoms with van der Waals surface area (Å²) in [5.74, 6) is -0.284. The van der Waals surface area contributed by atoms with E-state index in [4.69, 9.17) is 4.74 Å². The van der Waals surface area contributed by atoms with Gasteiger partial charge < -0.3 is 4.74 Å². The van der Waals surface area contributed by atoms with E-state index < -0.39 is 0 Å². The fourth-order valence-corrected chi connectivity index (χ4v) is 2.91. The number of carbonyl (C=O) groups is 1. The summed E-state index contributed by atoms with van der Waals surface area (Å²) < 4.78 is 4.80. The van der Waals surface area contributed by atoms with Crippen LogP contribution in [0.4, 0.5) is 0 Å². The summed E-state index contributed by atoms with van der Waals surface area (Å²) in [6, 6.07) is 0. The maximum Gasteiger partial charge on any atom is 0.330 e. The zero-order chi connectivity index (χ0) is 19.1. The molecule has 0 rings (SSSR count). The third kappa shape index (κ3) is 20.7. The second-order valence-corrected chi connectivity index (χ2v) is 6.96. The molecule has 0 aliphatic heterocycles. The van der Waals surface area contributed by atoms with Crippen LogP contribution in [0.15, 0.2) is 36.5 Å². The first-order valence-corrected chi connectivity index (χ1v) is 11.0. The van der Waals surface area contributed by atoms with Crippen molar-refractivity contribution in [1.29, 1.82) is 0 Å². The number of carbonyl (C=O) groups excluding carboxylic acids is 1. The molecule has 0 amide bonds. The van der Waals surface area contributed by atoms with Crippen molar-refractivity contribution >= 4 is 5.97 Å². The Kier molecular flexibility index (Phi) is 20.6. The van der Waals surface area contributed by atoms with Gasteiger partial charge >= 0.3 is 5.97 Å². The second-order valence-electron chi connectivity index (χ2n) is 6.96. The molecule has 0 bridgehead atoms. The largest absolute Gasteiger partial charge is 0.463 e. The van der Waals surface area contributed by atoms with Gasteiger partial charge in [0.25, 0.3) is 0 Å². The molecule has 0 aromatic rings. The van der Waals surface area contributed by atoms with Gasteiger partial charge in [-0.3, -0.25) is 0 Å². The highest BCUT2D eigenvalue weighted by Crippen LogP contribution is 2.12. The van der Waals surface area contributed by atoms with Gasteiger partial charge in [0.2, 0.25) is 0 Å². The van der Waals surface area contributed by atoms with Crippen molar-refractivity contribution < 1.29 is 9.53 Å². The van der Waals surface area contributed by atoms with Crippen molar-refractivity contribution in [2.24, 2.45) is 0 Å². The number of esters is 1. The summed E-state index contributed by atoms with van der Waals surface area (Å²) in [6.45, 7) is 4.51. The lowest BCUT2D eigenvalue weighted by atomic mass is 10.0. The number of hydrogen-bond donors (Lipinski definition) is 0. The molecular weight excluding hydrogens is 320 g/mol. The monoisotopic (exact) mass is 362 g/mol. The molecule has 0 saturated carbocycles. The summed E-state index contributed by atoms with van der Waals surface area (Å²) in [7, 11) is 0. The van der Waals surface area contributed by atoms with Gasteiger partial charge in [-0.15, -0.1) is 0 Å². The third-order valence-corrected chi connectivity index (χ3v) is 4.46. The molecule has 0 spiro atoms. The normalized spacial score (nSPS) is 11.9. The van der Waals surface area contributed by atoms with Gasteiger partial charge in [-0.05, 0) is 19.8 Å². The van der Waals surface area contributed by atoms with Crippen LogP contribution in [0.1, 0.15) is 104 Å². The van der Waals surface area contributed by atoms with E-state index in [-0.39, 0.29) is 5.97 Å². The Hall–Kier alpha value is -1.31. The highest BCUT2D eigenvalue weighted by molar-refractivity contribution is 5.82. The minimum atomic E-state index is -0.284. The molecule has 0 fully saturated rings. The number of unbranched alkanes of at least 4 members (excludes halogenated alkanes) is 13. The molecule has 0 aromatic carbocycles. The predicted octanol–water partition coefficient (Wildman–Crippen LogP) is 7.70. The molecule has 0 aliphatic carbocycles. The third-order valence-electron chi connectivity index (χ3n) is 4.46. The molecular formula is C24H42O2. The molecule has 0 saturated heterocycles. The highest BCUT2D eigenvalue weighted by Gasteiger charge is 1.93. The molecule has 0 N–H and O–H groups in total. The number of allylic oxidation sites excluding steroid dienone is 5. The standard InChI is InChI=1S/C24H42O2/c1-3-5-6-7-8-9-10-11-12-13-14-15-16-17-18-19-20-21-22-23-24(25)26-4-2/h18-23H,3-17H2,1-2H3. The van der Waals surface area contributed by atoms with Crippen LogP contribution in [-0.4, -0.2) is 12.6 Å². The van der Waals surface area contributed by atoms with Gasteiger partial charge in [-0.1, -0.05) is 114 Å². The SMILES string of the molecule is CCCCCCCCCCCCCCCC=CC=CC=CC(=O)OCC. The van der Waals surface area contributed by atoms with E-state index >= 15 is 0 Å². The molecule has 0 heterocycles. The number of ether oxygens (including phenoxy) is 1. The number of hydrogen-bond acceptors (Lipinski definition) is 2. The predicted molar refractivity (Wildman–Crippen MR) is 114 cm³/mol. The Morgan fingerprint density at radius 1 is 0.654 bits per heavy atom. The van der Waals surface area contributed by atoms with E-state index in [1.165, 1.54) is 89.5 Å².